The first-order valence-corrected chi connectivity index (χ1v) is 9.61. The van der Waals surface area contributed by atoms with E-state index in [2.05, 4.69) is 33.0 Å². The van der Waals surface area contributed by atoms with Crippen molar-refractivity contribution in [1.29, 1.82) is 0 Å². The number of esters is 1. The summed E-state index contributed by atoms with van der Waals surface area (Å²) in [7, 11) is 3.20. The fraction of sp³-hybridized carbons (Fsp3) is 0.167. The lowest BCUT2D eigenvalue weighted by Gasteiger charge is -2.06. The summed E-state index contributed by atoms with van der Waals surface area (Å²) >= 11 is 6.19. The number of hydrogen-bond donors (Lipinski definition) is 1. The molecule has 0 fully saturated rings. The van der Waals surface area contributed by atoms with E-state index in [1.807, 2.05) is 29.1 Å². The fourth-order valence-corrected chi connectivity index (χ4v) is 3.75. The molecule has 1 atom stereocenters. The van der Waals surface area contributed by atoms with Gasteiger partial charge in [0, 0.05) is 12.6 Å². The van der Waals surface area contributed by atoms with Crippen LogP contribution in [-0.2, 0) is 11.8 Å². The van der Waals surface area contributed by atoms with E-state index >= 15 is 0 Å². The molecular weight excluding hydrogens is 398 g/mol. The van der Waals surface area contributed by atoms with Gasteiger partial charge in [-0.05, 0) is 29.6 Å². The molecule has 4 aromatic rings. The third-order valence-corrected chi connectivity index (χ3v) is 5.44. The molecule has 0 saturated heterocycles. The van der Waals surface area contributed by atoms with Crippen molar-refractivity contribution >= 4 is 29.9 Å². The van der Waals surface area contributed by atoms with Gasteiger partial charge in [0.1, 0.15) is 5.25 Å². The lowest BCUT2D eigenvalue weighted by atomic mass is 10.1. The molecule has 0 aliphatic carbocycles. The van der Waals surface area contributed by atoms with Crippen molar-refractivity contribution < 1.29 is 14.1 Å². The summed E-state index contributed by atoms with van der Waals surface area (Å²) in [6.07, 6.45) is 0. The number of thiophene rings is 1. The molecule has 0 saturated carbocycles. The van der Waals surface area contributed by atoms with Crippen LogP contribution in [0.3, 0.4) is 0 Å². The van der Waals surface area contributed by atoms with E-state index in [-0.39, 0.29) is 5.89 Å². The molecule has 3 heterocycles. The van der Waals surface area contributed by atoms with Crippen molar-refractivity contribution in [3.05, 3.63) is 59.0 Å². The minimum absolute atomic E-state index is 0.278. The van der Waals surface area contributed by atoms with Crippen LogP contribution in [0.4, 0.5) is 0 Å². The van der Waals surface area contributed by atoms with E-state index in [1.165, 1.54) is 7.11 Å². The predicted octanol–water partition coefficient (Wildman–Crippen LogP) is 3.40. The van der Waals surface area contributed by atoms with Gasteiger partial charge in [0.15, 0.2) is 17.5 Å². The van der Waals surface area contributed by atoms with Crippen LogP contribution < -0.4 is 0 Å². The van der Waals surface area contributed by atoms with E-state index in [0.29, 0.717) is 22.8 Å². The number of nitrogens with zero attached hydrogens (tertiary/aromatic N) is 5. The molecule has 0 radical (unpaired) electrons. The van der Waals surface area contributed by atoms with Gasteiger partial charge in [-0.25, -0.2) is 4.79 Å². The Hall–Kier alpha value is -2.98. The van der Waals surface area contributed by atoms with Gasteiger partial charge in [-0.3, -0.25) is 0 Å². The monoisotopic (exact) mass is 413 g/mol. The number of carbonyl (C=O) groups is 1. The first-order chi connectivity index (χ1) is 13.6. The summed E-state index contributed by atoms with van der Waals surface area (Å²) in [6.45, 7) is 0. The third-order valence-electron chi connectivity index (χ3n) is 4.11. The number of benzene rings is 1. The van der Waals surface area contributed by atoms with Gasteiger partial charge in [0.05, 0.1) is 17.6 Å². The minimum atomic E-state index is -0.521. The summed E-state index contributed by atoms with van der Waals surface area (Å²) < 4.78 is 12.0. The van der Waals surface area contributed by atoms with E-state index in [4.69, 9.17) is 9.26 Å². The van der Waals surface area contributed by atoms with Crippen LogP contribution in [0.15, 0.2) is 46.3 Å². The summed E-state index contributed by atoms with van der Waals surface area (Å²) in [5, 5.41) is 14.0. The molecule has 0 aliphatic heterocycles. The second kappa shape index (κ2) is 7.56. The van der Waals surface area contributed by atoms with Crippen molar-refractivity contribution in [2.24, 2.45) is 7.05 Å². The number of thiol groups is 1. The molecule has 10 heteroatoms. The Labute approximate surface area is 169 Å². The summed E-state index contributed by atoms with van der Waals surface area (Å²) in [6, 6.07) is 10.7. The highest BCUT2D eigenvalue weighted by atomic mass is 32.1. The standard InChI is InChI=1S/C18H15N5O3S2/c1-23-15(12-7-4-8-28-12)20-21-16(23)13(27)14-19-17(26-22-14)10-5-3-6-11(9-10)18(24)25-2/h3-9,13,27H,1-2H3. The van der Waals surface area contributed by atoms with Gasteiger partial charge in [-0.2, -0.15) is 17.6 Å². The Morgan fingerprint density at radius 1 is 1.29 bits per heavy atom. The number of methoxy groups -OCH3 is 1. The second-order valence-corrected chi connectivity index (χ2v) is 7.31. The molecule has 8 nitrogen and oxygen atoms in total. The SMILES string of the molecule is COC(=O)c1cccc(-c2nc(C(S)c3nnc(-c4cccs4)n3C)no2)c1. The van der Waals surface area contributed by atoms with Crippen LogP contribution in [0, 0.1) is 0 Å². The number of carbonyl (C=O) groups excluding carboxylic acids is 1. The van der Waals surface area contributed by atoms with Crippen LogP contribution in [0.2, 0.25) is 0 Å². The quantitative estimate of drug-likeness (QED) is 0.396. The molecular formula is C18H15N5O3S2. The number of hydrogen-bond acceptors (Lipinski definition) is 9. The van der Waals surface area contributed by atoms with Crippen molar-refractivity contribution in [1.82, 2.24) is 24.9 Å². The summed E-state index contributed by atoms with van der Waals surface area (Å²) in [5.74, 6) is 1.55. The van der Waals surface area contributed by atoms with E-state index in [9.17, 15) is 4.79 Å². The zero-order chi connectivity index (χ0) is 19.7. The van der Waals surface area contributed by atoms with Crippen molar-refractivity contribution in [3.63, 3.8) is 0 Å². The lowest BCUT2D eigenvalue weighted by molar-refractivity contribution is 0.0601. The molecule has 3 aromatic heterocycles. The topological polar surface area (TPSA) is 95.9 Å². The molecule has 1 unspecified atom stereocenters. The Kier molecular flexibility index (Phi) is 4.97. The fourth-order valence-electron chi connectivity index (χ4n) is 2.68. The maximum Gasteiger partial charge on any atom is 0.337 e. The number of rotatable bonds is 5. The van der Waals surface area contributed by atoms with Gasteiger partial charge >= 0.3 is 5.97 Å². The highest BCUT2D eigenvalue weighted by Crippen LogP contribution is 2.30. The maximum atomic E-state index is 11.7. The lowest BCUT2D eigenvalue weighted by Crippen LogP contribution is -2.05. The zero-order valence-electron chi connectivity index (χ0n) is 14.9. The first-order valence-electron chi connectivity index (χ1n) is 8.22. The van der Waals surface area contributed by atoms with Crippen LogP contribution >= 0.6 is 24.0 Å². The second-order valence-electron chi connectivity index (χ2n) is 5.85. The van der Waals surface area contributed by atoms with E-state index in [1.54, 1.807) is 35.6 Å². The average Bonchev–Trinajstić information content (AvgIpc) is 3.47. The average molecular weight is 413 g/mol. The molecule has 1 aromatic carbocycles. The molecule has 0 spiro atoms. The first kappa shape index (κ1) is 18.4. The minimum Gasteiger partial charge on any atom is -0.465 e. The summed E-state index contributed by atoms with van der Waals surface area (Å²) in [4.78, 5) is 17.1. The Bertz CT molecular complexity index is 1120. The smallest absolute Gasteiger partial charge is 0.337 e. The van der Waals surface area contributed by atoms with Crippen LogP contribution in [0.5, 0.6) is 0 Å². The molecule has 142 valence electrons. The van der Waals surface area contributed by atoms with Crippen LogP contribution in [-0.4, -0.2) is 38.0 Å². The third kappa shape index (κ3) is 3.32. The van der Waals surface area contributed by atoms with Gasteiger partial charge in [-0.15, -0.1) is 21.5 Å². The Morgan fingerprint density at radius 2 is 2.14 bits per heavy atom. The molecule has 0 bridgehead atoms. The van der Waals surface area contributed by atoms with Gasteiger partial charge in [0.25, 0.3) is 5.89 Å². The van der Waals surface area contributed by atoms with Crippen molar-refractivity contribution in [2.75, 3.05) is 7.11 Å². The van der Waals surface area contributed by atoms with Gasteiger partial charge < -0.3 is 13.8 Å². The maximum absolute atomic E-state index is 11.7. The van der Waals surface area contributed by atoms with Gasteiger partial charge in [-0.1, -0.05) is 17.3 Å². The largest absolute Gasteiger partial charge is 0.465 e. The molecule has 0 N–H and O–H groups in total. The summed E-state index contributed by atoms with van der Waals surface area (Å²) in [5.41, 5.74) is 1.01. The molecule has 4 rings (SSSR count). The number of ether oxygens (including phenoxy) is 1. The van der Waals surface area contributed by atoms with E-state index < -0.39 is 11.2 Å². The van der Waals surface area contributed by atoms with E-state index in [0.717, 1.165) is 10.7 Å². The predicted molar refractivity (Wildman–Crippen MR) is 106 cm³/mol. The zero-order valence-corrected chi connectivity index (χ0v) is 16.6. The van der Waals surface area contributed by atoms with Crippen LogP contribution in [0.1, 0.15) is 27.3 Å². The van der Waals surface area contributed by atoms with Crippen molar-refractivity contribution in [2.45, 2.75) is 5.25 Å². The van der Waals surface area contributed by atoms with Crippen molar-refractivity contribution in [3.8, 4) is 22.2 Å². The molecule has 0 amide bonds. The normalized spacial score (nSPS) is 12.1. The Morgan fingerprint density at radius 3 is 2.89 bits per heavy atom. The van der Waals surface area contributed by atoms with Crippen LogP contribution in [0.25, 0.3) is 22.2 Å². The van der Waals surface area contributed by atoms with Gasteiger partial charge in [0.2, 0.25) is 0 Å². The Balaban J connectivity index is 1.62. The highest BCUT2D eigenvalue weighted by molar-refractivity contribution is 7.80. The highest BCUT2D eigenvalue weighted by Gasteiger charge is 2.24. The molecule has 0 aliphatic rings. The number of aromatic nitrogens is 5. The molecule has 28 heavy (non-hydrogen) atoms.